The number of nitrogens with zero attached hydrogens (tertiary/aromatic N) is 2. The number of nitrogen functional groups attached to an aromatic ring is 2. The number of aromatic nitrogens is 2. The number of ether oxygens (including phenoxy) is 4. The van der Waals surface area contributed by atoms with Crippen molar-refractivity contribution in [2.24, 2.45) is 0 Å². The fourth-order valence-corrected chi connectivity index (χ4v) is 7.37. The van der Waals surface area contributed by atoms with E-state index in [1.165, 1.54) is 0 Å². The van der Waals surface area contributed by atoms with Crippen LogP contribution in [0.2, 0.25) is 0 Å². The second-order valence-electron chi connectivity index (χ2n) is 15.3. The van der Waals surface area contributed by atoms with E-state index in [0.29, 0.717) is 0 Å². The standard InChI is InChI=1S/C46H12F18N4O8/c47-17-19(49)25(55)37(26(56)20(17)50)75-41-31(61)23(53)29(59)39(33(41)63)73-35-13-14(44(70)67(43(13)69)11-5-1-9(65)2-6-11)36(16-15(35)45(71)68(46(16)72)12-7-3-10(66)4-8-12)74-40-30(60)24(54)32(62)42(34(40)64)76-38-27(57)21(51)18(48)22(52)28(38)58/h1-8H,65-66H2. The third-order valence-electron chi connectivity index (χ3n) is 10.9. The Morgan fingerprint density at radius 2 is 0.421 bits per heavy atom. The molecule has 76 heavy (non-hydrogen) atoms. The number of nitrogens with two attached hydrogens (primary N) is 2. The molecule has 9 rings (SSSR count). The van der Waals surface area contributed by atoms with Gasteiger partial charge >= 0.3 is 0 Å². The van der Waals surface area contributed by atoms with Crippen molar-refractivity contribution in [2.75, 3.05) is 11.5 Å². The van der Waals surface area contributed by atoms with Gasteiger partial charge in [-0.25, -0.2) is 44.3 Å². The number of fused-ring (bicyclic) bond motifs is 2. The molecule has 0 amide bonds. The van der Waals surface area contributed by atoms with Crippen LogP contribution in [-0.2, 0) is 0 Å². The summed E-state index contributed by atoms with van der Waals surface area (Å²) >= 11 is 0. The van der Waals surface area contributed by atoms with Crippen LogP contribution in [0.5, 0.6) is 46.0 Å². The second-order valence-corrected chi connectivity index (χ2v) is 15.3. The van der Waals surface area contributed by atoms with E-state index in [-0.39, 0.29) is 20.5 Å². The lowest BCUT2D eigenvalue weighted by Crippen LogP contribution is -2.24. The third kappa shape index (κ3) is 7.44. The highest BCUT2D eigenvalue weighted by molar-refractivity contribution is 6.11. The first-order valence-electron chi connectivity index (χ1n) is 19.9. The lowest BCUT2D eigenvalue weighted by atomic mass is 10.1. The highest BCUT2D eigenvalue weighted by Crippen LogP contribution is 2.48. The third-order valence-corrected chi connectivity index (χ3v) is 10.9. The van der Waals surface area contributed by atoms with E-state index in [4.69, 9.17) is 20.9 Å². The van der Waals surface area contributed by atoms with Crippen LogP contribution in [0.4, 0.5) is 90.4 Å². The molecule has 0 spiro atoms. The van der Waals surface area contributed by atoms with E-state index < -0.39 is 206 Å². The summed E-state index contributed by atoms with van der Waals surface area (Å²) in [5.74, 6) is -71.6. The van der Waals surface area contributed by atoms with Gasteiger partial charge in [-0.15, -0.1) is 0 Å². The quantitative estimate of drug-likeness (QED) is 0.0582. The first-order chi connectivity index (χ1) is 35.7. The minimum absolute atomic E-state index is 0.0168. The van der Waals surface area contributed by atoms with Crippen molar-refractivity contribution in [2.45, 2.75) is 0 Å². The summed E-state index contributed by atoms with van der Waals surface area (Å²) in [7, 11) is 0. The van der Waals surface area contributed by atoms with Crippen LogP contribution in [0.3, 0.4) is 0 Å². The van der Waals surface area contributed by atoms with Crippen molar-refractivity contribution in [3.63, 3.8) is 0 Å². The number of hydrogen-bond donors (Lipinski definition) is 2. The predicted molar refractivity (Wildman–Crippen MR) is 222 cm³/mol. The fraction of sp³-hybridized carbons (Fsp3) is 0. The van der Waals surface area contributed by atoms with Crippen LogP contribution in [-0.4, -0.2) is 9.13 Å². The summed E-state index contributed by atoms with van der Waals surface area (Å²) in [6.07, 6.45) is 0. The van der Waals surface area contributed by atoms with Gasteiger partial charge in [0.15, 0.2) is 11.5 Å². The first kappa shape index (κ1) is 51.3. The van der Waals surface area contributed by atoms with Crippen molar-refractivity contribution in [3.8, 4) is 57.4 Å². The maximum absolute atomic E-state index is 16.5. The number of anilines is 2. The molecule has 0 saturated heterocycles. The van der Waals surface area contributed by atoms with E-state index in [1.54, 1.807) is 0 Å². The molecule has 4 N–H and O–H groups in total. The summed E-state index contributed by atoms with van der Waals surface area (Å²) in [4.78, 5) is 58.5. The predicted octanol–water partition coefficient (Wildman–Crippen LogP) is 10.7. The Labute approximate surface area is 403 Å². The summed E-state index contributed by atoms with van der Waals surface area (Å²) in [6, 6.07) is 7.40. The first-order valence-corrected chi connectivity index (χ1v) is 19.9. The molecule has 0 aliphatic heterocycles. The van der Waals surface area contributed by atoms with Gasteiger partial charge in [-0.05, 0) is 48.5 Å². The van der Waals surface area contributed by atoms with Gasteiger partial charge in [0.25, 0.3) is 22.2 Å². The van der Waals surface area contributed by atoms with Crippen molar-refractivity contribution in [1.29, 1.82) is 0 Å². The topological polar surface area (TPSA) is 167 Å². The van der Waals surface area contributed by atoms with Crippen LogP contribution >= 0.6 is 0 Å². The zero-order valence-corrected chi connectivity index (χ0v) is 35.7. The van der Waals surface area contributed by atoms with Gasteiger partial charge < -0.3 is 30.4 Å². The van der Waals surface area contributed by atoms with Gasteiger partial charge in [-0.1, -0.05) is 0 Å². The van der Waals surface area contributed by atoms with Crippen LogP contribution in [0.1, 0.15) is 0 Å². The van der Waals surface area contributed by atoms with Gasteiger partial charge in [0.1, 0.15) is 21.5 Å². The number of hydrogen-bond acceptors (Lipinski definition) is 10. The van der Waals surface area contributed by atoms with Crippen molar-refractivity contribution in [1.82, 2.24) is 9.13 Å². The molecule has 390 valence electrons. The smallest absolute Gasteiger partial charge is 0.270 e. The minimum atomic E-state index is -3.01. The van der Waals surface area contributed by atoms with E-state index in [0.717, 1.165) is 48.5 Å². The molecular formula is C46H12F18N4O8. The molecule has 30 heteroatoms. The second kappa shape index (κ2) is 18.1. The molecule has 0 aliphatic carbocycles. The number of rotatable bonds is 10. The fourth-order valence-electron chi connectivity index (χ4n) is 7.37. The van der Waals surface area contributed by atoms with E-state index in [1.807, 2.05) is 0 Å². The largest absolute Gasteiger partial charge is 0.449 e. The molecule has 0 radical (unpaired) electrons. The molecule has 9 aromatic rings. The Balaban J connectivity index is 1.41. The monoisotopic (exact) mass is 1090 g/mol. The van der Waals surface area contributed by atoms with Crippen molar-refractivity contribution >= 4 is 32.9 Å². The summed E-state index contributed by atoms with van der Waals surface area (Å²) in [6.45, 7) is 0. The molecule has 2 heterocycles. The summed E-state index contributed by atoms with van der Waals surface area (Å²) < 4.78 is 288. The zero-order chi connectivity index (χ0) is 55.6. The number of benzene rings is 7. The average molecular weight is 1090 g/mol. The average Bonchev–Trinajstić information content (AvgIpc) is 3.94. The highest BCUT2D eigenvalue weighted by atomic mass is 19.2. The SMILES string of the molecule is Nc1ccc(-n2c(=O)c3c(Oc4c(F)c(F)c(F)c(Oc5c(F)c(F)c(F)c(F)c5F)c4F)c4c(=O)n(-c5ccc(N)cc5)c(=O)c4c(Oc4c(F)c(F)c(F)c(Oc5c(F)c(F)c(F)c(F)c5F)c4F)c3c2=O)cc1. The zero-order valence-electron chi connectivity index (χ0n) is 35.7. The van der Waals surface area contributed by atoms with Gasteiger partial charge in [0.2, 0.25) is 139 Å². The van der Waals surface area contributed by atoms with Gasteiger partial charge in [-0.3, -0.25) is 19.2 Å². The molecule has 0 fully saturated rings. The van der Waals surface area contributed by atoms with Gasteiger partial charge in [-0.2, -0.15) is 43.9 Å². The van der Waals surface area contributed by atoms with E-state index in [2.05, 4.69) is 9.47 Å². The molecule has 0 aliphatic rings. The minimum Gasteiger partial charge on any atom is -0.449 e. The van der Waals surface area contributed by atoms with Gasteiger partial charge in [0, 0.05) is 11.4 Å². The number of halogens is 18. The molecule has 0 bridgehead atoms. The highest BCUT2D eigenvalue weighted by Gasteiger charge is 2.39. The molecule has 7 aromatic carbocycles. The van der Waals surface area contributed by atoms with Gasteiger partial charge in [0.05, 0.1) is 11.4 Å². The van der Waals surface area contributed by atoms with Crippen LogP contribution in [0.15, 0.2) is 67.7 Å². The Morgan fingerprint density at radius 1 is 0.250 bits per heavy atom. The van der Waals surface area contributed by atoms with Crippen molar-refractivity contribution in [3.05, 3.63) is 195 Å². The van der Waals surface area contributed by atoms with Crippen LogP contribution < -0.4 is 52.7 Å². The van der Waals surface area contributed by atoms with Crippen molar-refractivity contribution < 1.29 is 98.0 Å². The Hall–Kier alpha value is -9.64. The lowest BCUT2D eigenvalue weighted by Gasteiger charge is -2.17. The molecular weight excluding hydrogens is 1080 g/mol. The molecule has 0 atom stereocenters. The van der Waals surface area contributed by atoms with E-state index >= 15 is 35.1 Å². The molecule has 12 nitrogen and oxygen atoms in total. The molecule has 0 saturated carbocycles. The maximum atomic E-state index is 16.5. The molecule has 0 unspecified atom stereocenters. The lowest BCUT2D eigenvalue weighted by molar-refractivity contribution is 0.299. The van der Waals surface area contributed by atoms with Crippen LogP contribution in [0.25, 0.3) is 32.9 Å². The summed E-state index contributed by atoms with van der Waals surface area (Å²) in [5, 5.41) is -6.82. The van der Waals surface area contributed by atoms with E-state index in [9.17, 15) is 63.1 Å². The summed E-state index contributed by atoms with van der Waals surface area (Å²) in [5.41, 5.74) is 2.11. The molecule has 2 aromatic heterocycles. The maximum Gasteiger partial charge on any atom is 0.270 e. The Bertz CT molecular complexity index is 3870. The Kier molecular flexibility index (Phi) is 12.2. The Morgan fingerprint density at radius 3 is 0.645 bits per heavy atom. The normalized spacial score (nSPS) is 11.6. The van der Waals surface area contributed by atoms with Crippen LogP contribution in [0, 0.1) is 105 Å².